The van der Waals surface area contributed by atoms with Gasteiger partial charge in [0.15, 0.2) is 6.29 Å². The summed E-state index contributed by atoms with van der Waals surface area (Å²) < 4.78 is 24.1. The molecule has 0 spiro atoms. The molecule has 7 heteroatoms. The monoisotopic (exact) mass is 556 g/mol. The number of ether oxygens (including phenoxy) is 4. The number of benzene rings is 4. The van der Waals surface area contributed by atoms with E-state index in [1.807, 2.05) is 121 Å². The van der Waals surface area contributed by atoms with Crippen LogP contribution in [0.1, 0.15) is 22.3 Å². The first-order valence-electron chi connectivity index (χ1n) is 13.5. The fraction of sp³-hybridized carbons (Fsp3) is 0.265. The Morgan fingerprint density at radius 3 is 1.39 bits per heavy atom. The van der Waals surface area contributed by atoms with Crippen molar-refractivity contribution < 1.29 is 34.0 Å². The van der Waals surface area contributed by atoms with Crippen LogP contribution in [-0.2, 0) is 50.2 Å². The fourth-order valence-electron chi connectivity index (χ4n) is 4.33. The Hall–Kier alpha value is -3.69. The molecule has 7 nitrogen and oxygen atoms in total. The Morgan fingerprint density at radius 2 is 0.951 bits per heavy atom. The largest absolute Gasteiger partial charge is 0.371 e. The minimum Gasteiger partial charge on any atom is -0.371 e. The molecule has 4 rings (SSSR count). The van der Waals surface area contributed by atoms with E-state index in [1.54, 1.807) is 0 Å². The zero-order valence-corrected chi connectivity index (χ0v) is 22.8. The van der Waals surface area contributed by atoms with Gasteiger partial charge in [-0.15, -0.1) is 0 Å². The molecule has 0 saturated carbocycles. The highest BCUT2D eigenvalue weighted by Gasteiger charge is 2.46. The van der Waals surface area contributed by atoms with Crippen molar-refractivity contribution in [1.29, 1.82) is 0 Å². The number of carbonyl (C=O) groups excluding carboxylic acids is 1. The van der Waals surface area contributed by atoms with Crippen LogP contribution in [0.15, 0.2) is 121 Å². The molecule has 0 radical (unpaired) electrons. The molecule has 0 unspecified atom stereocenters. The van der Waals surface area contributed by atoms with Gasteiger partial charge in [0.05, 0.1) is 26.4 Å². The molecular weight excluding hydrogens is 520 g/mol. The molecule has 0 heterocycles. The summed E-state index contributed by atoms with van der Waals surface area (Å²) in [4.78, 5) is 12.4. The van der Waals surface area contributed by atoms with Gasteiger partial charge in [0.25, 0.3) is 0 Å². The number of hydrogen-bond acceptors (Lipinski definition) is 7. The van der Waals surface area contributed by atoms with Crippen molar-refractivity contribution in [3.05, 3.63) is 144 Å². The molecule has 0 amide bonds. The van der Waals surface area contributed by atoms with E-state index in [0.29, 0.717) is 6.29 Å². The van der Waals surface area contributed by atoms with E-state index in [2.05, 4.69) is 0 Å². The molecule has 3 atom stereocenters. The Kier molecular flexibility index (Phi) is 11.8. The smallest absolute Gasteiger partial charge is 0.216 e. The van der Waals surface area contributed by atoms with Crippen molar-refractivity contribution in [2.24, 2.45) is 0 Å². The predicted molar refractivity (Wildman–Crippen MR) is 154 cm³/mol. The summed E-state index contributed by atoms with van der Waals surface area (Å²) in [5.41, 5.74) is 3.38. The molecule has 0 bridgehead atoms. The van der Waals surface area contributed by atoms with Crippen molar-refractivity contribution in [3.8, 4) is 0 Å². The minimum atomic E-state index is -2.53. The number of carbonyl (C=O) groups is 1. The molecule has 0 aliphatic rings. The van der Waals surface area contributed by atoms with Crippen LogP contribution in [0.3, 0.4) is 0 Å². The van der Waals surface area contributed by atoms with E-state index >= 15 is 0 Å². The highest BCUT2D eigenvalue weighted by molar-refractivity contribution is 5.57. The summed E-state index contributed by atoms with van der Waals surface area (Å²) in [5, 5.41) is 22.8. The van der Waals surface area contributed by atoms with Crippen LogP contribution in [-0.4, -0.2) is 47.2 Å². The summed E-state index contributed by atoms with van der Waals surface area (Å²) >= 11 is 0. The SMILES string of the molecule is O=C[C@H](OCc1ccccc1)[C@@H](OCc1ccccc1)[C@H](OCc1ccccc1)C(O)(O)COCc1ccccc1. The van der Waals surface area contributed by atoms with Crippen LogP contribution in [0.5, 0.6) is 0 Å². The van der Waals surface area contributed by atoms with Crippen molar-refractivity contribution in [3.63, 3.8) is 0 Å². The second-order valence-corrected chi connectivity index (χ2v) is 9.73. The lowest BCUT2D eigenvalue weighted by Crippen LogP contribution is -2.58. The van der Waals surface area contributed by atoms with Crippen LogP contribution in [0.4, 0.5) is 0 Å². The van der Waals surface area contributed by atoms with Gasteiger partial charge in [-0.25, -0.2) is 0 Å². The van der Waals surface area contributed by atoms with E-state index in [0.717, 1.165) is 22.3 Å². The Bertz CT molecular complexity index is 1270. The number of rotatable bonds is 17. The highest BCUT2D eigenvalue weighted by atomic mass is 16.6. The van der Waals surface area contributed by atoms with Crippen molar-refractivity contribution >= 4 is 6.29 Å². The quantitative estimate of drug-likeness (QED) is 0.142. The minimum absolute atomic E-state index is 0.0442. The standard InChI is InChI=1S/C34H36O7/c35-21-31(39-23-28-15-7-2-8-16-28)32(40-24-29-17-9-3-10-18-29)33(41-25-30-19-11-4-12-20-30)34(36,37)26-38-22-27-13-5-1-6-14-27/h1-21,31-33,36-37H,22-26H2/t31-,32+,33-/m0/s1. The summed E-state index contributed by atoms with van der Waals surface area (Å²) in [6.07, 6.45) is -3.16. The van der Waals surface area contributed by atoms with Crippen LogP contribution >= 0.6 is 0 Å². The summed E-state index contributed by atoms with van der Waals surface area (Å²) in [6, 6.07) is 37.5. The molecule has 0 aliphatic heterocycles. The van der Waals surface area contributed by atoms with Gasteiger partial charge in [-0.1, -0.05) is 121 Å². The maximum absolute atomic E-state index is 12.4. The Balaban J connectivity index is 1.58. The molecule has 4 aromatic carbocycles. The van der Waals surface area contributed by atoms with Gasteiger partial charge in [-0.05, 0) is 22.3 Å². The average Bonchev–Trinajstić information content (AvgIpc) is 3.01. The summed E-state index contributed by atoms with van der Waals surface area (Å²) in [5.74, 6) is -2.53. The maximum atomic E-state index is 12.4. The molecule has 0 aliphatic carbocycles. The Labute approximate surface area is 240 Å². The van der Waals surface area contributed by atoms with Crippen molar-refractivity contribution in [1.82, 2.24) is 0 Å². The molecule has 4 aromatic rings. The molecular formula is C34H36O7. The average molecular weight is 557 g/mol. The molecule has 0 aromatic heterocycles. The van der Waals surface area contributed by atoms with Crippen LogP contribution in [0.2, 0.25) is 0 Å². The summed E-state index contributed by atoms with van der Waals surface area (Å²) in [6.45, 7) is -0.0719. The van der Waals surface area contributed by atoms with E-state index in [1.165, 1.54) is 0 Å². The van der Waals surface area contributed by atoms with Crippen molar-refractivity contribution in [2.45, 2.75) is 50.5 Å². The maximum Gasteiger partial charge on any atom is 0.216 e. The lowest BCUT2D eigenvalue weighted by molar-refractivity contribution is -0.298. The first-order chi connectivity index (χ1) is 20.0. The third-order valence-corrected chi connectivity index (χ3v) is 6.48. The van der Waals surface area contributed by atoms with Gasteiger partial charge in [0.1, 0.15) is 24.9 Å². The normalized spacial score (nSPS) is 13.8. The van der Waals surface area contributed by atoms with Crippen LogP contribution in [0, 0.1) is 0 Å². The molecule has 2 N–H and O–H groups in total. The van der Waals surface area contributed by atoms with Gasteiger partial charge in [-0.2, -0.15) is 0 Å². The second kappa shape index (κ2) is 15.9. The van der Waals surface area contributed by atoms with Crippen LogP contribution in [0.25, 0.3) is 0 Å². The third-order valence-electron chi connectivity index (χ3n) is 6.48. The number of aldehydes is 1. The lowest BCUT2D eigenvalue weighted by atomic mass is 9.99. The first-order valence-corrected chi connectivity index (χ1v) is 13.5. The van der Waals surface area contributed by atoms with Gasteiger partial charge in [-0.3, -0.25) is 0 Å². The number of aliphatic hydroxyl groups is 2. The molecule has 0 saturated heterocycles. The topological polar surface area (TPSA) is 94.5 Å². The molecule has 41 heavy (non-hydrogen) atoms. The predicted octanol–water partition coefficient (Wildman–Crippen LogP) is 4.84. The number of hydrogen-bond donors (Lipinski definition) is 2. The van der Waals surface area contributed by atoms with E-state index < -0.39 is 30.7 Å². The molecule has 214 valence electrons. The zero-order valence-electron chi connectivity index (χ0n) is 22.8. The van der Waals surface area contributed by atoms with Gasteiger partial charge >= 0.3 is 0 Å². The Morgan fingerprint density at radius 1 is 0.561 bits per heavy atom. The summed E-state index contributed by atoms with van der Waals surface area (Å²) in [7, 11) is 0. The van der Waals surface area contributed by atoms with Gasteiger partial charge in [0, 0.05) is 0 Å². The second-order valence-electron chi connectivity index (χ2n) is 9.73. The van der Waals surface area contributed by atoms with Gasteiger partial charge in [0.2, 0.25) is 5.79 Å². The van der Waals surface area contributed by atoms with Crippen molar-refractivity contribution in [2.75, 3.05) is 6.61 Å². The lowest BCUT2D eigenvalue weighted by Gasteiger charge is -2.38. The van der Waals surface area contributed by atoms with Crippen LogP contribution < -0.4 is 0 Å². The fourth-order valence-corrected chi connectivity index (χ4v) is 4.33. The van der Waals surface area contributed by atoms with E-state index in [4.69, 9.17) is 18.9 Å². The third kappa shape index (κ3) is 9.72. The zero-order chi connectivity index (χ0) is 28.8. The van der Waals surface area contributed by atoms with E-state index in [-0.39, 0.29) is 26.4 Å². The van der Waals surface area contributed by atoms with Gasteiger partial charge < -0.3 is 34.0 Å². The molecule has 0 fully saturated rings. The highest BCUT2D eigenvalue weighted by Crippen LogP contribution is 2.25. The van der Waals surface area contributed by atoms with E-state index in [9.17, 15) is 15.0 Å². The first kappa shape index (κ1) is 30.3.